The van der Waals surface area contributed by atoms with E-state index in [-0.39, 0.29) is 12.6 Å². The SMILES string of the molecule is O=Cc1cc(N2CCCC2CO)cs1. The molecule has 76 valence electrons. The molecule has 0 bridgehead atoms. The molecule has 1 saturated heterocycles. The number of anilines is 1. The fourth-order valence-electron chi connectivity index (χ4n) is 1.92. The molecule has 0 aromatic carbocycles. The van der Waals surface area contributed by atoms with Gasteiger partial charge in [0.1, 0.15) is 0 Å². The summed E-state index contributed by atoms with van der Waals surface area (Å²) in [5.41, 5.74) is 1.08. The van der Waals surface area contributed by atoms with Crippen molar-refractivity contribution in [2.75, 3.05) is 18.1 Å². The van der Waals surface area contributed by atoms with E-state index in [1.165, 1.54) is 11.3 Å². The number of hydrogen-bond donors (Lipinski definition) is 1. The maximum absolute atomic E-state index is 10.5. The number of thiophene rings is 1. The fourth-order valence-corrected chi connectivity index (χ4v) is 2.62. The Morgan fingerprint density at radius 2 is 2.57 bits per heavy atom. The van der Waals surface area contributed by atoms with Gasteiger partial charge in [0.15, 0.2) is 6.29 Å². The van der Waals surface area contributed by atoms with Crippen LogP contribution in [0.2, 0.25) is 0 Å². The van der Waals surface area contributed by atoms with Gasteiger partial charge in [0, 0.05) is 17.6 Å². The largest absolute Gasteiger partial charge is 0.394 e. The normalized spacial score (nSPS) is 21.5. The van der Waals surface area contributed by atoms with Crippen molar-refractivity contribution >= 4 is 23.3 Å². The van der Waals surface area contributed by atoms with Crippen molar-refractivity contribution in [1.82, 2.24) is 0 Å². The summed E-state index contributed by atoms with van der Waals surface area (Å²) in [7, 11) is 0. The number of carbonyl (C=O) groups excluding carboxylic acids is 1. The first-order chi connectivity index (χ1) is 6.85. The maximum Gasteiger partial charge on any atom is 0.160 e. The summed E-state index contributed by atoms with van der Waals surface area (Å²) in [6.07, 6.45) is 3.04. The molecule has 2 heterocycles. The Balaban J connectivity index is 2.17. The van der Waals surface area contributed by atoms with E-state index in [1.807, 2.05) is 11.4 Å². The first-order valence-electron chi connectivity index (χ1n) is 4.76. The van der Waals surface area contributed by atoms with Crippen LogP contribution < -0.4 is 4.90 Å². The van der Waals surface area contributed by atoms with Gasteiger partial charge in [0.05, 0.1) is 17.5 Å². The molecule has 0 radical (unpaired) electrons. The summed E-state index contributed by atoms with van der Waals surface area (Å²) in [4.78, 5) is 13.5. The highest BCUT2D eigenvalue weighted by molar-refractivity contribution is 7.12. The fraction of sp³-hybridized carbons (Fsp3) is 0.500. The minimum Gasteiger partial charge on any atom is -0.394 e. The molecule has 0 amide bonds. The first kappa shape index (κ1) is 9.68. The van der Waals surface area contributed by atoms with Crippen molar-refractivity contribution in [2.45, 2.75) is 18.9 Å². The maximum atomic E-state index is 10.5. The summed E-state index contributed by atoms with van der Waals surface area (Å²) in [6, 6.07) is 2.13. The molecular weight excluding hydrogens is 198 g/mol. The van der Waals surface area contributed by atoms with E-state index in [0.29, 0.717) is 0 Å². The second-order valence-electron chi connectivity index (χ2n) is 3.50. The van der Waals surface area contributed by atoms with Crippen LogP contribution in [0.4, 0.5) is 5.69 Å². The molecule has 3 nitrogen and oxygen atoms in total. The van der Waals surface area contributed by atoms with E-state index >= 15 is 0 Å². The molecule has 14 heavy (non-hydrogen) atoms. The summed E-state index contributed by atoms with van der Waals surface area (Å²) in [6.45, 7) is 1.19. The second-order valence-corrected chi connectivity index (χ2v) is 4.44. The molecular formula is C10H13NO2S. The minimum atomic E-state index is 0.201. The Kier molecular flexibility index (Phi) is 2.84. The zero-order valence-corrected chi connectivity index (χ0v) is 8.67. The number of carbonyl (C=O) groups is 1. The van der Waals surface area contributed by atoms with E-state index in [9.17, 15) is 4.79 Å². The van der Waals surface area contributed by atoms with Gasteiger partial charge in [0.2, 0.25) is 0 Å². The zero-order chi connectivity index (χ0) is 9.97. The predicted molar refractivity (Wildman–Crippen MR) is 57.2 cm³/mol. The van der Waals surface area contributed by atoms with Crippen LogP contribution in [0, 0.1) is 0 Å². The lowest BCUT2D eigenvalue weighted by Gasteiger charge is -2.23. The van der Waals surface area contributed by atoms with Crippen molar-refractivity contribution in [2.24, 2.45) is 0 Å². The molecule has 1 N–H and O–H groups in total. The van der Waals surface area contributed by atoms with E-state index in [0.717, 1.165) is 36.2 Å². The molecule has 2 rings (SSSR count). The molecule has 0 aliphatic carbocycles. The van der Waals surface area contributed by atoms with Gasteiger partial charge in [0.25, 0.3) is 0 Å². The van der Waals surface area contributed by atoms with Crippen LogP contribution >= 0.6 is 11.3 Å². The highest BCUT2D eigenvalue weighted by atomic mass is 32.1. The monoisotopic (exact) mass is 211 g/mol. The molecule has 0 saturated carbocycles. The number of aliphatic hydroxyl groups is 1. The van der Waals surface area contributed by atoms with Crippen LogP contribution in [-0.2, 0) is 0 Å². The van der Waals surface area contributed by atoms with Gasteiger partial charge >= 0.3 is 0 Å². The van der Waals surface area contributed by atoms with Gasteiger partial charge in [-0.3, -0.25) is 4.79 Å². The molecule has 0 spiro atoms. The highest BCUT2D eigenvalue weighted by Crippen LogP contribution is 2.28. The Morgan fingerprint density at radius 1 is 1.71 bits per heavy atom. The summed E-state index contributed by atoms with van der Waals surface area (Å²) in [5.74, 6) is 0. The third kappa shape index (κ3) is 1.67. The van der Waals surface area contributed by atoms with E-state index in [2.05, 4.69) is 4.90 Å². The molecule has 1 aliphatic heterocycles. The zero-order valence-electron chi connectivity index (χ0n) is 7.85. The summed E-state index contributed by atoms with van der Waals surface area (Å²) in [5, 5.41) is 11.1. The number of nitrogens with zero attached hydrogens (tertiary/aromatic N) is 1. The van der Waals surface area contributed by atoms with Crippen LogP contribution in [0.5, 0.6) is 0 Å². The summed E-state index contributed by atoms with van der Waals surface area (Å²) >= 11 is 1.46. The molecule has 1 atom stereocenters. The average Bonchev–Trinajstić information content (AvgIpc) is 2.85. The van der Waals surface area contributed by atoms with Gasteiger partial charge in [-0.05, 0) is 18.9 Å². The lowest BCUT2D eigenvalue weighted by molar-refractivity contribution is 0.112. The van der Waals surface area contributed by atoms with Crippen LogP contribution in [0.1, 0.15) is 22.5 Å². The Morgan fingerprint density at radius 3 is 3.21 bits per heavy atom. The molecule has 1 unspecified atom stereocenters. The van der Waals surface area contributed by atoms with Crippen molar-refractivity contribution in [3.63, 3.8) is 0 Å². The standard InChI is InChI=1S/C10H13NO2S/c12-5-8-2-1-3-11(8)9-4-10(6-13)14-7-9/h4,6-8,12H,1-3,5H2. The van der Waals surface area contributed by atoms with Gasteiger partial charge in [-0.1, -0.05) is 0 Å². The molecule has 4 heteroatoms. The van der Waals surface area contributed by atoms with Crippen molar-refractivity contribution in [3.05, 3.63) is 16.3 Å². The van der Waals surface area contributed by atoms with E-state index in [4.69, 9.17) is 5.11 Å². The Bertz CT molecular complexity index is 324. The van der Waals surface area contributed by atoms with Gasteiger partial charge < -0.3 is 10.0 Å². The van der Waals surface area contributed by atoms with Crippen molar-refractivity contribution in [3.8, 4) is 0 Å². The number of hydrogen-bond acceptors (Lipinski definition) is 4. The molecule has 1 aromatic heterocycles. The van der Waals surface area contributed by atoms with Gasteiger partial charge in [-0.25, -0.2) is 0 Å². The highest BCUT2D eigenvalue weighted by Gasteiger charge is 2.24. The number of rotatable bonds is 3. The van der Waals surface area contributed by atoms with Crippen LogP contribution in [0.25, 0.3) is 0 Å². The Hall–Kier alpha value is -0.870. The third-order valence-electron chi connectivity index (χ3n) is 2.64. The quantitative estimate of drug-likeness (QED) is 0.771. The van der Waals surface area contributed by atoms with Gasteiger partial charge in [-0.2, -0.15) is 0 Å². The smallest absolute Gasteiger partial charge is 0.160 e. The first-order valence-corrected chi connectivity index (χ1v) is 5.64. The summed E-state index contributed by atoms with van der Waals surface area (Å²) < 4.78 is 0. The second kappa shape index (κ2) is 4.11. The van der Waals surface area contributed by atoms with Crippen LogP contribution in [-0.4, -0.2) is 30.6 Å². The van der Waals surface area contributed by atoms with Gasteiger partial charge in [-0.15, -0.1) is 11.3 Å². The van der Waals surface area contributed by atoms with Crippen LogP contribution in [0.3, 0.4) is 0 Å². The van der Waals surface area contributed by atoms with Crippen molar-refractivity contribution in [1.29, 1.82) is 0 Å². The minimum absolute atomic E-state index is 0.201. The van der Waals surface area contributed by atoms with E-state index < -0.39 is 0 Å². The van der Waals surface area contributed by atoms with E-state index in [1.54, 1.807) is 0 Å². The van der Waals surface area contributed by atoms with Crippen molar-refractivity contribution < 1.29 is 9.90 Å². The Labute approximate surface area is 87.0 Å². The lowest BCUT2D eigenvalue weighted by atomic mass is 10.2. The number of aldehydes is 1. The molecule has 1 aromatic rings. The molecule has 1 aliphatic rings. The number of aliphatic hydroxyl groups excluding tert-OH is 1. The lowest BCUT2D eigenvalue weighted by Crippen LogP contribution is -2.31. The topological polar surface area (TPSA) is 40.5 Å². The predicted octanol–water partition coefficient (Wildman–Crippen LogP) is 1.52. The third-order valence-corrected chi connectivity index (χ3v) is 3.49. The molecule has 1 fully saturated rings. The average molecular weight is 211 g/mol. The van der Waals surface area contributed by atoms with Crippen LogP contribution in [0.15, 0.2) is 11.4 Å².